The van der Waals surface area contributed by atoms with Gasteiger partial charge in [-0.3, -0.25) is 0 Å². The van der Waals surface area contributed by atoms with E-state index in [-0.39, 0.29) is 0 Å². The Kier molecular flexibility index (Phi) is 14.2. The molecule has 0 unspecified atom stereocenters. The Morgan fingerprint density at radius 2 is 1.56 bits per heavy atom. The summed E-state index contributed by atoms with van der Waals surface area (Å²) in [6.07, 6.45) is 0.437. The minimum Gasteiger partial charge on any atom is -0.418 e. The van der Waals surface area contributed by atoms with Gasteiger partial charge < -0.3 is 4.43 Å². The molecule has 0 spiro atoms. The van der Waals surface area contributed by atoms with Crippen LogP contribution in [0.15, 0.2) is 0 Å². The lowest BCUT2D eigenvalue weighted by atomic mass is 10.5. The van der Waals surface area contributed by atoms with E-state index in [2.05, 4.69) is 64.2 Å². The van der Waals surface area contributed by atoms with Crippen molar-refractivity contribution in [2.24, 2.45) is 0 Å². The van der Waals surface area contributed by atoms with E-state index in [1.807, 2.05) is 0 Å². The van der Waals surface area contributed by atoms with Crippen molar-refractivity contribution in [3.05, 3.63) is 0 Å². The van der Waals surface area contributed by atoms with Crippen LogP contribution in [-0.4, -0.2) is 15.1 Å². The molecule has 0 saturated heterocycles. The first-order valence-corrected chi connectivity index (χ1v) is 12.0. The molecule has 0 radical (unpaired) electrons. The van der Waals surface area contributed by atoms with Crippen LogP contribution in [0.25, 0.3) is 0 Å². The van der Waals surface area contributed by atoms with E-state index in [0.29, 0.717) is 6.10 Å². The van der Waals surface area contributed by atoms with Gasteiger partial charge in [-0.2, -0.15) is 0 Å². The van der Waals surface area contributed by atoms with Crippen molar-refractivity contribution in [2.45, 2.75) is 33.0 Å². The molecule has 0 aromatic heterocycles. The van der Waals surface area contributed by atoms with Gasteiger partial charge in [-0.25, -0.2) is 0 Å². The van der Waals surface area contributed by atoms with Crippen LogP contribution >= 0.6 is 37.2 Å². The molecule has 0 aliphatic heterocycles. The molecule has 0 saturated carbocycles. The third kappa shape index (κ3) is 17.7. The molecule has 58 valence electrons. The highest BCUT2D eigenvalue weighted by Gasteiger charge is 1.96. The highest BCUT2D eigenvalue weighted by atomic mass is 128. The monoisotopic (exact) mass is 372 g/mol. The molecule has 0 rings (SSSR count). The maximum absolute atomic E-state index is 5.39. The van der Waals surface area contributed by atoms with Crippen molar-refractivity contribution in [3.8, 4) is 0 Å². The van der Waals surface area contributed by atoms with Crippen molar-refractivity contribution in [1.82, 2.24) is 0 Å². The lowest BCUT2D eigenvalue weighted by Gasteiger charge is -2.08. The Labute approximate surface area is 83.0 Å². The zero-order chi connectivity index (χ0) is 7.86. The Morgan fingerprint density at radius 3 is 1.56 bits per heavy atom. The SMILES string of the molecule is CC(C)O[SiH](C)C.II. The van der Waals surface area contributed by atoms with Crippen LogP contribution in [-0.2, 0) is 4.43 Å². The molecule has 0 atom stereocenters. The van der Waals surface area contributed by atoms with E-state index in [9.17, 15) is 0 Å². The predicted octanol–water partition coefficient (Wildman–Crippen LogP) is 3.17. The number of halogens is 2. The zero-order valence-electron chi connectivity index (χ0n) is 6.32. The summed E-state index contributed by atoms with van der Waals surface area (Å²) in [5.41, 5.74) is 0. The van der Waals surface area contributed by atoms with Crippen molar-refractivity contribution >= 4 is 46.3 Å². The van der Waals surface area contributed by atoms with Gasteiger partial charge in [0.05, 0.1) is 0 Å². The van der Waals surface area contributed by atoms with Crippen LogP contribution < -0.4 is 0 Å². The molecule has 0 bridgehead atoms. The molecule has 0 aliphatic carbocycles. The Balaban J connectivity index is 0. The molecule has 0 aliphatic rings. The Morgan fingerprint density at radius 1 is 1.22 bits per heavy atom. The van der Waals surface area contributed by atoms with Crippen molar-refractivity contribution in [3.63, 3.8) is 0 Å². The minimum absolute atomic E-state index is 0.437. The van der Waals surface area contributed by atoms with Crippen molar-refractivity contribution < 1.29 is 4.43 Å². The molecule has 4 heteroatoms. The summed E-state index contributed by atoms with van der Waals surface area (Å²) in [5, 5.41) is 0. The second-order valence-corrected chi connectivity index (χ2v) is 4.60. The van der Waals surface area contributed by atoms with E-state index < -0.39 is 9.04 Å². The molecular formula is C5H14I2OSi. The maximum atomic E-state index is 5.39. The summed E-state index contributed by atoms with van der Waals surface area (Å²) in [5.74, 6) is 0. The van der Waals surface area contributed by atoms with Crippen LogP contribution in [0.4, 0.5) is 0 Å². The van der Waals surface area contributed by atoms with Gasteiger partial charge in [0, 0.05) is 43.3 Å². The normalized spacial score (nSPS) is 9.33. The van der Waals surface area contributed by atoms with Gasteiger partial charge in [0.15, 0.2) is 9.04 Å². The predicted molar refractivity (Wildman–Crippen MR) is 63.1 cm³/mol. The average Bonchev–Trinajstić information content (AvgIpc) is 1.68. The van der Waals surface area contributed by atoms with Crippen LogP contribution in [0.3, 0.4) is 0 Å². The number of rotatable bonds is 2. The zero-order valence-corrected chi connectivity index (χ0v) is 11.8. The lowest BCUT2D eigenvalue weighted by molar-refractivity contribution is 0.247. The lowest BCUT2D eigenvalue weighted by Crippen LogP contribution is -2.13. The Bertz CT molecular complexity index is 44.2. The molecule has 1 nitrogen and oxygen atoms in total. The molecule has 9 heavy (non-hydrogen) atoms. The highest BCUT2D eigenvalue weighted by molar-refractivity contribution is 15.0. The molecule has 0 N–H and O–H groups in total. The van der Waals surface area contributed by atoms with Crippen molar-refractivity contribution in [1.29, 1.82) is 0 Å². The van der Waals surface area contributed by atoms with Gasteiger partial charge in [-0.15, -0.1) is 0 Å². The van der Waals surface area contributed by atoms with Gasteiger partial charge in [-0.05, 0) is 26.9 Å². The van der Waals surface area contributed by atoms with Gasteiger partial charge >= 0.3 is 0 Å². The first-order valence-electron chi connectivity index (χ1n) is 2.92. The second-order valence-electron chi connectivity index (χ2n) is 2.23. The fraction of sp³-hybridized carbons (Fsp3) is 1.00. The van der Waals surface area contributed by atoms with Gasteiger partial charge in [0.25, 0.3) is 0 Å². The first-order chi connectivity index (χ1) is 4.13. The average molecular weight is 372 g/mol. The molecule has 0 aromatic rings. The molecule has 0 aromatic carbocycles. The van der Waals surface area contributed by atoms with Gasteiger partial charge in [0.1, 0.15) is 0 Å². The first kappa shape index (κ1) is 13.2. The van der Waals surface area contributed by atoms with Crippen LogP contribution in [0, 0.1) is 0 Å². The molecule has 0 heterocycles. The summed E-state index contributed by atoms with van der Waals surface area (Å²) in [6.45, 7) is 8.51. The third-order valence-corrected chi connectivity index (χ3v) is 1.63. The van der Waals surface area contributed by atoms with E-state index in [1.165, 1.54) is 0 Å². The van der Waals surface area contributed by atoms with Gasteiger partial charge in [0.2, 0.25) is 0 Å². The second kappa shape index (κ2) is 9.64. The van der Waals surface area contributed by atoms with Crippen LogP contribution in [0.2, 0.25) is 13.1 Å². The smallest absolute Gasteiger partial charge is 0.171 e. The number of hydrogen-bond donors (Lipinski definition) is 0. The fourth-order valence-corrected chi connectivity index (χ4v) is 1.63. The van der Waals surface area contributed by atoms with Crippen molar-refractivity contribution in [2.75, 3.05) is 0 Å². The summed E-state index contributed by atoms with van der Waals surface area (Å²) < 4.78 is 5.39. The van der Waals surface area contributed by atoms with E-state index in [1.54, 1.807) is 0 Å². The molecule has 0 fully saturated rings. The summed E-state index contributed by atoms with van der Waals surface area (Å²) >= 11 is 4.24. The van der Waals surface area contributed by atoms with E-state index >= 15 is 0 Å². The standard InChI is InChI=1S/C5H14OSi.I2/c1-5(2)6-7(3)4;1-2/h5,7H,1-4H3;. The quantitative estimate of drug-likeness (QED) is 0.535. The Hall–Kier alpha value is 1.64. The van der Waals surface area contributed by atoms with E-state index in [4.69, 9.17) is 4.43 Å². The van der Waals surface area contributed by atoms with Crippen LogP contribution in [0.5, 0.6) is 0 Å². The summed E-state index contributed by atoms with van der Waals surface area (Å²) in [6, 6.07) is 0. The van der Waals surface area contributed by atoms with Crippen LogP contribution in [0.1, 0.15) is 13.8 Å². The summed E-state index contributed by atoms with van der Waals surface area (Å²) in [4.78, 5) is 0. The van der Waals surface area contributed by atoms with E-state index in [0.717, 1.165) is 0 Å². The largest absolute Gasteiger partial charge is 0.418 e. The third-order valence-electron chi connectivity index (χ3n) is 0.544. The highest BCUT2D eigenvalue weighted by Crippen LogP contribution is 1.90. The fourth-order valence-electron chi connectivity index (χ4n) is 0.544. The maximum Gasteiger partial charge on any atom is 0.171 e. The molecule has 0 amide bonds. The van der Waals surface area contributed by atoms with Gasteiger partial charge in [-0.1, -0.05) is 0 Å². The minimum atomic E-state index is -0.728. The number of hydrogen-bond acceptors (Lipinski definition) is 1. The molecular weight excluding hydrogens is 358 g/mol. The summed E-state index contributed by atoms with van der Waals surface area (Å²) in [7, 11) is -0.728. The topological polar surface area (TPSA) is 9.23 Å².